The third-order valence-corrected chi connectivity index (χ3v) is 6.48. The van der Waals surface area contributed by atoms with E-state index in [-0.39, 0.29) is 6.10 Å². The first-order chi connectivity index (χ1) is 13.8. The Morgan fingerprint density at radius 3 is 2.89 bits per heavy atom. The molecule has 0 bridgehead atoms. The Labute approximate surface area is 162 Å². The SMILES string of the molecule is O[C@H](C1=Cc2cnn(-c3cccc(-c4ncn[nH]4)c3)c2NC1)C1CC2CC2C1. The monoisotopic (exact) mass is 374 g/mol. The maximum Gasteiger partial charge on any atom is 0.155 e. The van der Waals surface area contributed by atoms with Gasteiger partial charge in [0.15, 0.2) is 5.82 Å². The molecule has 3 N–H and O–H groups in total. The number of aliphatic hydroxyl groups excluding tert-OH is 1. The van der Waals surface area contributed by atoms with Crippen molar-refractivity contribution in [2.45, 2.75) is 25.4 Å². The third kappa shape index (κ3) is 2.57. The molecule has 0 radical (unpaired) electrons. The van der Waals surface area contributed by atoms with Crippen LogP contribution in [0.25, 0.3) is 23.2 Å². The van der Waals surface area contributed by atoms with E-state index in [1.807, 2.05) is 35.1 Å². The Hall–Kier alpha value is -2.93. The Balaban J connectivity index is 1.29. The molecule has 1 aromatic carbocycles. The first kappa shape index (κ1) is 16.1. The standard InChI is InChI=1S/C21H22N6O/c28-19(15-5-13-4-14(13)6-15)16-7-17-10-25-27(21(17)22-9-16)18-3-1-2-12(8-18)20-23-11-24-26-20/h1-3,7-8,10-11,13-15,19,22,28H,4-6,9H2,(H,23,24,26)/t13?,14?,15?,19-/m0/s1. The first-order valence-corrected chi connectivity index (χ1v) is 9.93. The van der Waals surface area contributed by atoms with Crippen LogP contribution in [0.2, 0.25) is 0 Å². The molecule has 7 heteroatoms. The number of H-pyrrole nitrogens is 1. The maximum absolute atomic E-state index is 10.9. The van der Waals surface area contributed by atoms with Crippen molar-refractivity contribution in [1.29, 1.82) is 0 Å². The zero-order valence-corrected chi connectivity index (χ0v) is 15.4. The molecule has 142 valence electrons. The summed E-state index contributed by atoms with van der Waals surface area (Å²) >= 11 is 0. The molecule has 3 atom stereocenters. The number of nitrogens with zero attached hydrogens (tertiary/aromatic N) is 4. The minimum atomic E-state index is -0.341. The molecule has 28 heavy (non-hydrogen) atoms. The number of benzene rings is 1. The highest BCUT2D eigenvalue weighted by atomic mass is 16.3. The molecular weight excluding hydrogens is 352 g/mol. The van der Waals surface area contributed by atoms with Crippen LogP contribution >= 0.6 is 0 Å². The highest BCUT2D eigenvalue weighted by molar-refractivity contribution is 5.72. The van der Waals surface area contributed by atoms with Gasteiger partial charge in [-0.15, -0.1) is 0 Å². The molecule has 0 amide bonds. The summed E-state index contributed by atoms with van der Waals surface area (Å²) in [5, 5.41) is 25.7. The molecule has 6 rings (SSSR count). The molecule has 3 heterocycles. The van der Waals surface area contributed by atoms with E-state index in [4.69, 9.17) is 0 Å². The van der Waals surface area contributed by atoms with E-state index in [0.29, 0.717) is 12.5 Å². The van der Waals surface area contributed by atoms with E-state index >= 15 is 0 Å². The molecule has 3 aliphatic rings. The number of aliphatic hydroxyl groups is 1. The molecule has 0 spiro atoms. The predicted molar refractivity (Wildman–Crippen MR) is 106 cm³/mol. The van der Waals surface area contributed by atoms with Crippen molar-refractivity contribution >= 4 is 11.9 Å². The van der Waals surface area contributed by atoms with E-state index in [9.17, 15) is 5.11 Å². The smallest absolute Gasteiger partial charge is 0.155 e. The van der Waals surface area contributed by atoms with E-state index in [1.165, 1.54) is 25.6 Å². The molecule has 2 aliphatic carbocycles. The number of fused-ring (bicyclic) bond motifs is 2. The second kappa shape index (κ2) is 6.04. The van der Waals surface area contributed by atoms with Crippen LogP contribution in [0.3, 0.4) is 0 Å². The number of anilines is 1. The van der Waals surface area contributed by atoms with Gasteiger partial charge in [0.2, 0.25) is 0 Å². The molecule has 0 saturated heterocycles. The van der Waals surface area contributed by atoms with Crippen LogP contribution in [0.1, 0.15) is 24.8 Å². The largest absolute Gasteiger partial charge is 0.388 e. The topological polar surface area (TPSA) is 91.7 Å². The van der Waals surface area contributed by atoms with Crippen LogP contribution in [-0.4, -0.2) is 42.7 Å². The third-order valence-electron chi connectivity index (χ3n) is 6.48. The second-order valence-corrected chi connectivity index (χ2v) is 8.25. The van der Waals surface area contributed by atoms with Gasteiger partial charge < -0.3 is 10.4 Å². The van der Waals surface area contributed by atoms with Crippen molar-refractivity contribution in [2.24, 2.45) is 17.8 Å². The minimum absolute atomic E-state index is 0.341. The molecule has 2 saturated carbocycles. The van der Waals surface area contributed by atoms with Gasteiger partial charge in [-0.25, -0.2) is 9.67 Å². The van der Waals surface area contributed by atoms with Gasteiger partial charge in [-0.05, 0) is 60.8 Å². The summed E-state index contributed by atoms with van der Waals surface area (Å²) in [6.07, 6.45) is 8.89. The summed E-state index contributed by atoms with van der Waals surface area (Å²) in [7, 11) is 0. The molecule has 7 nitrogen and oxygen atoms in total. The Kier molecular flexibility index (Phi) is 3.46. The number of hydrogen-bond donors (Lipinski definition) is 3. The zero-order valence-electron chi connectivity index (χ0n) is 15.4. The van der Waals surface area contributed by atoms with Crippen LogP contribution in [0.15, 0.2) is 42.4 Å². The molecular formula is C21H22N6O. The molecule has 1 aliphatic heterocycles. The molecule has 2 fully saturated rings. The number of hydrogen-bond acceptors (Lipinski definition) is 5. The molecule has 3 aromatic rings. The quantitative estimate of drug-likeness (QED) is 0.653. The Bertz CT molecular complexity index is 1040. The summed E-state index contributed by atoms with van der Waals surface area (Å²) in [4.78, 5) is 4.22. The fourth-order valence-electron chi connectivity index (χ4n) is 4.92. The van der Waals surface area contributed by atoms with Gasteiger partial charge in [0, 0.05) is 17.7 Å². The van der Waals surface area contributed by atoms with E-state index in [0.717, 1.165) is 45.9 Å². The van der Waals surface area contributed by atoms with Crippen LogP contribution in [0.4, 0.5) is 5.82 Å². The average molecular weight is 374 g/mol. The van der Waals surface area contributed by atoms with Crippen LogP contribution in [0, 0.1) is 17.8 Å². The van der Waals surface area contributed by atoms with Crippen LogP contribution in [-0.2, 0) is 0 Å². The van der Waals surface area contributed by atoms with Crippen molar-refractivity contribution in [3.63, 3.8) is 0 Å². The summed E-state index contributed by atoms with van der Waals surface area (Å²) in [5.41, 5.74) is 4.01. The van der Waals surface area contributed by atoms with Crippen LogP contribution in [0.5, 0.6) is 0 Å². The van der Waals surface area contributed by atoms with Gasteiger partial charge >= 0.3 is 0 Å². The second-order valence-electron chi connectivity index (χ2n) is 8.25. The van der Waals surface area contributed by atoms with Crippen molar-refractivity contribution in [3.05, 3.63) is 47.9 Å². The van der Waals surface area contributed by atoms with Gasteiger partial charge in [0.05, 0.1) is 18.0 Å². The fraction of sp³-hybridized carbons (Fsp3) is 0.381. The lowest BCUT2D eigenvalue weighted by atomic mass is 9.89. The number of rotatable bonds is 4. The summed E-state index contributed by atoms with van der Waals surface area (Å²) in [6.45, 7) is 0.660. The lowest BCUT2D eigenvalue weighted by Crippen LogP contribution is -2.27. The summed E-state index contributed by atoms with van der Waals surface area (Å²) in [6, 6.07) is 8.04. The van der Waals surface area contributed by atoms with Crippen molar-refractivity contribution in [3.8, 4) is 17.1 Å². The Morgan fingerprint density at radius 1 is 1.18 bits per heavy atom. The lowest BCUT2D eigenvalue weighted by molar-refractivity contribution is 0.137. The van der Waals surface area contributed by atoms with Crippen molar-refractivity contribution in [1.82, 2.24) is 25.0 Å². The highest BCUT2D eigenvalue weighted by Crippen LogP contribution is 2.55. The summed E-state index contributed by atoms with van der Waals surface area (Å²) in [5.74, 6) is 3.88. The van der Waals surface area contributed by atoms with E-state index in [1.54, 1.807) is 0 Å². The number of nitrogens with one attached hydrogen (secondary N) is 2. The highest BCUT2D eigenvalue weighted by Gasteiger charge is 2.48. The minimum Gasteiger partial charge on any atom is -0.388 e. The zero-order chi connectivity index (χ0) is 18.7. The lowest BCUT2D eigenvalue weighted by Gasteiger charge is -2.26. The molecule has 2 aromatic heterocycles. The average Bonchev–Trinajstić information content (AvgIpc) is 3.20. The van der Waals surface area contributed by atoms with E-state index in [2.05, 4.69) is 31.7 Å². The van der Waals surface area contributed by atoms with Gasteiger partial charge in [-0.3, -0.25) is 5.10 Å². The van der Waals surface area contributed by atoms with Crippen molar-refractivity contribution < 1.29 is 5.11 Å². The first-order valence-electron chi connectivity index (χ1n) is 9.93. The van der Waals surface area contributed by atoms with Gasteiger partial charge in [0.25, 0.3) is 0 Å². The predicted octanol–water partition coefficient (Wildman–Crippen LogP) is 2.87. The maximum atomic E-state index is 10.9. The summed E-state index contributed by atoms with van der Waals surface area (Å²) < 4.78 is 1.90. The number of aromatic nitrogens is 5. The van der Waals surface area contributed by atoms with Gasteiger partial charge in [-0.2, -0.15) is 10.2 Å². The normalized spacial score (nSPS) is 26.2. The molecule has 2 unspecified atom stereocenters. The fourth-order valence-corrected chi connectivity index (χ4v) is 4.92. The van der Waals surface area contributed by atoms with Crippen molar-refractivity contribution in [2.75, 3.05) is 11.9 Å². The Morgan fingerprint density at radius 2 is 2.07 bits per heavy atom. The van der Waals surface area contributed by atoms with Gasteiger partial charge in [-0.1, -0.05) is 12.1 Å². The number of aromatic amines is 1. The van der Waals surface area contributed by atoms with Gasteiger partial charge in [0.1, 0.15) is 12.1 Å². The van der Waals surface area contributed by atoms with Crippen LogP contribution < -0.4 is 5.32 Å². The van der Waals surface area contributed by atoms with E-state index < -0.39 is 0 Å².